The number of methoxy groups -OCH3 is 1. The highest BCUT2D eigenvalue weighted by molar-refractivity contribution is 5.80. The summed E-state index contributed by atoms with van der Waals surface area (Å²) >= 11 is 0. The fourth-order valence-corrected chi connectivity index (χ4v) is 1.30. The fraction of sp³-hybridized carbons (Fsp3) is 0.556. The molecular formula is C9H16N4O2. The van der Waals surface area contributed by atoms with E-state index in [-0.39, 0.29) is 0 Å². The third-order valence-corrected chi connectivity index (χ3v) is 2.09. The van der Waals surface area contributed by atoms with Crippen LogP contribution in [0, 0.1) is 0 Å². The first-order valence-electron chi connectivity index (χ1n) is 4.64. The summed E-state index contributed by atoms with van der Waals surface area (Å²) in [5, 5.41) is 3.00. The van der Waals surface area contributed by atoms with E-state index in [1.54, 1.807) is 24.2 Å². The maximum Gasteiger partial charge on any atom is 0.240 e. The average Bonchev–Trinajstić information content (AvgIpc) is 2.59. The Balaban J connectivity index is 2.67. The van der Waals surface area contributed by atoms with E-state index in [1.807, 2.05) is 7.05 Å². The molecule has 1 heterocycles. The summed E-state index contributed by atoms with van der Waals surface area (Å²) in [4.78, 5) is 15.2. The molecule has 1 unspecified atom stereocenters. The molecule has 0 fully saturated rings. The van der Waals surface area contributed by atoms with Crippen molar-refractivity contribution >= 4 is 5.91 Å². The van der Waals surface area contributed by atoms with E-state index in [0.29, 0.717) is 13.2 Å². The van der Waals surface area contributed by atoms with Gasteiger partial charge in [0.15, 0.2) is 0 Å². The van der Waals surface area contributed by atoms with Gasteiger partial charge in [-0.1, -0.05) is 0 Å². The Morgan fingerprint density at radius 1 is 1.80 bits per heavy atom. The lowest BCUT2D eigenvalue weighted by Gasteiger charge is -2.15. The molecule has 1 aromatic heterocycles. The van der Waals surface area contributed by atoms with Gasteiger partial charge < -0.3 is 15.0 Å². The van der Waals surface area contributed by atoms with Crippen LogP contribution in [0.3, 0.4) is 0 Å². The van der Waals surface area contributed by atoms with Crippen LogP contribution in [0.4, 0.5) is 0 Å². The van der Waals surface area contributed by atoms with E-state index in [0.717, 1.165) is 5.69 Å². The van der Waals surface area contributed by atoms with Gasteiger partial charge in [0.2, 0.25) is 5.91 Å². The summed E-state index contributed by atoms with van der Waals surface area (Å²) in [6.07, 6.45) is 3.25. The zero-order chi connectivity index (χ0) is 11.3. The molecule has 0 saturated heterocycles. The molecule has 6 heteroatoms. The van der Waals surface area contributed by atoms with Crippen molar-refractivity contribution in [2.24, 2.45) is 12.8 Å². The third kappa shape index (κ3) is 3.03. The van der Waals surface area contributed by atoms with E-state index < -0.39 is 11.9 Å². The molecule has 1 amide bonds. The van der Waals surface area contributed by atoms with Crippen LogP contribution in [-0.2, 0) is 16.6 Å². The van der Waals surface area contributed by atoms with E-state index in [2.05, 4.69) is 10.3 Å². The summed E-state index contributed by atoms with van der Waals surface area (Å²) in [5.74, 6) is -0.422. The summed E-state index contributed by atoms with van der Waals surface area (Å²) in [5.41, 5.74) is 6.04. The second-order valence-corrected chi connectivity index (χ2v) is 3.21. The molecule has 1 aromatic rings. The van der Waals surface area contributed by atoms with Crippen molar-refractivity contribution < 1.29 is 9.53 Å². The molecule has 0 aliphatic carbocycles. The third-order valence-electron chi connectivity index (χ3n) is 2.09. The summed E-state index contributed by atoms with van der Waals surface area (Å²) in [6, 6.07) is -0.521. The van der Waals surface area contributed by atoms with Crippen LogP contribution in [0.25, 0.3) is 0 Å². The highest BCUT2D eigenvalue weighted by Crippen LogP contribution is 2.10. The second kappa shape index (κ2) is 5.47. The minimum absolute atomic E-state index is 0.422. The van der Waals surface area contributed by atoms with Crippen LogP contribution >= 0.6 is 0 Å². The second-order valence-electron chi connectivity index (χ2n) is 3.21. The highest BCUT2D eigenvalue weighted by atomic mass is 16.5. The lowest BCUT2D eigenvalue weighted by Crippen LogP contribution is -2.36. The first-order valence-corrected chi connectivity index (χ1v) is 4.64. The minimum atomic E-state index is -0.521. The molecular weight excluding hydrogens is 196 g/mol. The summed E-state index contributed by atoms with van der Waals surface area (Å²) < 4.78 is 6.64. The van der Waals surface area contributed by atoms with Crippen LogP contribution in [0.2, 0.25) is 0 Å². The SMILES string of the molecule is COCCNC(C(N)=O)c1cncn1C. The number of hydrogen-bond acceptors (Lipinski definition) is 4. The number of carbonyl (C=O) groups is 1. The zero-order valence-electron chi connectivity index (χ0n) is 8.93. The van der Waals surface area contributed by atoms with Gasteiger partial charge in [-0.25, -0.2) is 4.98 Å². The van der Waals surface area contributed by atoms with Crippen molar-refractivity contribution in [3.8, 4) is 0 Å². The van der Waals surface area contributed by atoms with Crippen LogP contribution in [0.5, 0.6) is 0 Å². The number of nitrogens with zero attached hydrogens (tertiary/aromatic N) is 2. The van der Waals surface area contributed by atoms with Crippen LogP contribution < -0.4 is 11.1 Å². The average molecular weight is 212 g/mol. The van der Waals surface area contributed by atoms with Crippen LogP contribution in [0.15, 0.2) is 12.5 Å². The molecule has 1 atom stereocenters. The number of rotatable bonds is 6. The number of nitrogens with two attached hydrogens (primary N) is 1. The molecule has 6 nitrogen and oxygen atoms in total. The lowest BCUT2D eigenvalue weighted by molar-refractivity contribution is -0.120. The van der Waals surface area contributed by atoms with Gasteiger partial charge in [-0.05, 0) is 0 Å². The first kappa shape index (κ1) is 11.7. The van der Waals surface area contributed by atoms with Gasteiger partial charge in [0.25, 0.3) is 0 Å². The first-order chi connectivity index (χ1) is 7.16. The van der Waals surface area contributed by atoms with Crippen LogP contribution in [0.1, 0.15) is 11.7 Å². The van der Waals surface area contributed by atoms with Gasteiger partial charge in [0.1, 0.15) is 6.04 Å². The van der Waals surface area contributed by atoms with E-state index in [4.69, 9.17) is 10.5 Å². The molecule has 0 radical (unpaired) electrons. The van der Waals surface area contributed by atoms with E-state index >= 15 is 0 Å². The van der Waals surface area contributed by atoms with Crippen molar-refractivity contribution in [1.82, 2.24) is 14.9 Å². The Bertz CT molecular complexity index is 324. The van der Waals surface area contributed by atoms with Crippen molar-refractivity contribution in [2.45, 2.75) is 6.04 Å². The van der Waals surface area contributed by atoms with Gasteiger partial charge >= 0.3 is 0 Å². The van der Waals surface area contributed by atoms with Gasteiger partial charge in [-0.3, -0.25) is 10.1 Å². The van der Waals surface area contributed by atoms with Gasteiger partial charge in [0.05, 0.1) is 24.8 Å². The number of aromatic nitrogens is 2. The number of carbonyl (C=O) groups excluding carboxylic acids is 1. The number of amides is 1. The quantitative estimate of drug-likeness (QED) is 0.604. The predicted octanol–water partition coefficient (Wildman–Crippen LogP) is -0.817. The topological polar surface area (TPSA) is 82.2 Å². The molecule has 0 aliphatic heterocycles. The number of hydrogen-bond donors (Lipinski definition) is 2. The summed E-state index contributed by atoms with van der Waals surface area (Å²) in [7, 11) is 3.42. The molecule has 0 aromatic carbocycles. The Hall–Kier alpha value is -1.40. The maximum atomic E-state index is 11.2. The molecule has 84 valence electrons. The highest BCUT2D eigenvalue weighted by Gasteiger charge is 2.19. The number of primary amides is 1. The molecule has 3 N–H and O–H groups in total. The van der Waals surface area contributed by atoms with Gasteiger partial charge in [-0.2, -0.15) is 0 Å². The number of aryl methyl sites for hydroxylation is 1. The Morgan fingerprint density at radius 3 is 3.00 bits per heavy atom. The number of ether oxygens (including phenoxy) is 1. The fourth-order valence-electron chi connectivity index (χ4n) is 1.30. The smallest absolute Gasteiger partial charge is 0.240 e. The normalized spacial score (nSPS) is 12.7. The maximum absolute atomic E-state index is 11.2. The zero-order valence-corrected chi connectivity index (χ0v) is 8.93. The summed E-state index contributed by atoms with van der Waals surface area (Å²) in [6.45, 7) is 1.09. The Labute approximate surface area is 88.4 Å². The monoisotopic (exact) mass is 212 g/mol. The number of nitrogens with one attached hydrogen (secondary N) is 1. The molecule has 0 saturated carbocycles. The van der Waals surface area contributed by atoms with Crippen molar-refractivity contribution in [1.29, 1.82) is 0 Å². The molecule has 15 heavy (non-hydrogen) atoms. The largest absolute Gasteiger partial charge is 0.383 e. The molecule has 1 rings (SSSR count). The predicted molar refractivity (Wildman–Crippen MR) is 55.0 cm³/mol. The molecule has 0 spiro atoms. The Kier molecular flexibility index (Phi) is 4.26. The minimum Gasteiger partial charge on any atom is -0.383 e. The number of imidazole rings is 1. The standard InChI is InChI=1S/C9H16N4O2/c1-13-6-11-5-7(13)8(9(10)14)12-3-4-15-2/h5-6,8,12H,3-4H2,1-2H3,(H2,10,14). The van der Waals surface area contributed by atoms with Crippen molar-refractivity contribution in [3.63, 3.8) is 0 Å². The van der Waals surface area contributed by atoms with Gasteiger partial charge in [0, 0.05) is 20.7 Å². The Morgan fingerprint density at radius 2 is 2.53 bits per heavy atom. The van der Waals surface area contributed by atoms with Crippen LogP contribution in [-0.4, -0.2) is 35.7 Å². The van der Waals surface area contributed by atoms with Gasteiger partial charge in [-0.15, -0.1) is 0 Å². The van der Waals surface area contributed by atoms with E-state index in [1.165, 1.54) is 0 Å². The lowest BCUT2D eigenvalue weighted by atomic mass is 10.2. The van der Waals surface area contributed by atoms with E-state index in [9.17, 15) is 4.79 Å². The molecule has 0 bridgehead atoms. The molecule has 0 aliphatic rings. The van der Waals surface area contributed by atoms with Crippen molar-refractivity contribution in [3.05, 3.63) is 18.2 Å². The van der Waals surface area contributed by atoms with Crippen molar-refractivity contribution in [2.75, 3.05) is 20.3 Å².